The number of fused-ring (bicyclic) bond motifs is 2. The maximum Gasteiger partial charge on any atom is 0.255 e. The Morgan fingerprint density at radius 1 is 1.30 bits per heavy atom. The molecule has 1 saturated carbocycles. The monoisotopic (exact) mass is 541 g/mol. The molecule has 4 aromatic rings. The number of nitrogens with zero attached hydrogens (tertiary/aromatic N) is 4. The van der Waals surface area contributed by atoms with Crippen molar-refractivity contribution in [2.45, 2.75) is 58.1 Å². The van der Waals surface area contributed by atoms with Crippen molar-refractivity contribution < 1.29 is 23.8 Å². The number of aromatic nitrogens is 2. The minimum Gasteiger partial charge on any atom is -0.460 e. The van der Waals surface area contributed by atoms with Crippen LogP contribution >= 0.6 is 0 Å². The van der Waals surface area contributed by atoms with Gasteiger partial charge in [0.15, 0.2) is 5.75 Å². The average molecular weight is 542 g/mol. The van der Waals surface area contributed by atoms with Crippen molar-refractivity contribution in [1.29, 1.82) is 5.26 Å². The van der Waals surface area contributed by atoms with Gasteiger partial charge in [-0.2, -0.15) is 10.4 Å². The van der Waals surface area contributed by atoms with Gasteiger partial charge in [-0.05, 0) is 63.6 Å². The fourth-order valence-corrected chi connectivity index (χ4v) is 5.89. The summed E-state index contributed by atoms with van der Waals surface area (Å²) in [6, 6.07) is 9.36. The Morgan fingerprint density at radius 3 is 2.83 bits per heavy atom. The smallest absolute Gasteiger partial charge is 0.255 e. The Bertz CT molecular complexity index is 1690. The summed E-state index contributed by atoms with van der Waals surface area (Å²) in [5.41, 5.74) is 2.08. The molecule has 40 heavy (non-hydrogen) atoms. The van der Waals surface area contributed by atoms with Gasteiger partial charge in [-0.1, -0.05) is 0 Å². The van der Waals surface area contributed by atoms with Crippen molar-refractivity contribution in [1.82, 2.24) is 19.8 Å². The van der Waals surface area contributed by atoms with E-state index in [1.165, 1.54) is 0 Å². The third kappa shape index (κ3) is 4.56. The van der Waals surface area contributed by atoms with E-state index in [2.05, 4.69) is 16.5 Å². The molecule has 1 aliphatic carbocycles. The van der Waals surface area contributed by atoms with Gasteiger partial charge in [-0.15, -0.1) is 0 Å². The van der Waals surface area contributed by atoms with Gasteiger partial charge in [0.05, 0.1) is 29.0 Å². The topological polar surface area (TPSA) is 133 Å². The van der Waals surface area contributed by atoms with Crippen molar-refractivity contribution in [3.63, 3.8) is 0 Å². The number of amides is 2. The third-order valence-corrected chi connectivity index (χ3v) is 8.10. The molecule has 0 spiro atoms. The van der Waals surface area contributed by atoms with E-state index < -0.39 is 5.60 Å². The molecule has 1 saturated heterocycles. The van der Waals surface area contributed by atoms with Crippen LogP contribution in [-0.4, -0.2) is 56.2 Å². The normalized spacial score (nSPS) is 22.3. The molecule has 0 unspecified atom stereocenters. The second kappa shape index (κ2) is 9.68. The Morgan fingerprint density at radius 2 is 2.10 bits per heavy atom. The summed E-state index contributed by atoms with van der Waals surface area (Å²) >= 11 is 0. The van der Waals surface area contributed by atoms with Gasteiger partial charge in [0, 0.05) is 49.3 Å². The summed E-state index contributed by atoms with van der Waals surface area (Å²) in [5.74, 6) is 1.59. The molecule has 2 amide bonds. The second-order valence-corrected chi connectivity index (χ2v) is 11.3. The van der Waals surface area contributed by atoms with Crippen LogP contribution in [0.2, 0.25) is 0 Å². The van der Waals surface area contributed by atoms with E-state index in [0.717, 1.165) is 18.4 Å². The maximum atomic E-state index is 13.2. The lowest BCUT2D eigenvalue weighted by atomic mass is 9.78. The second-order valence-electron chi connectivity index (χ2n) is 11.3. The summed E-state index contributed by atoms with van der Waals surface area (Å²) in [6.45, 7) is 6.16. The maximum absolute atomic E-state index is 13.2. The number of likely N-dealkylation sites (tertiary alicyclic amines) is 1. The predicted octanol–water partition coefficient (Wildman–Crippen LogP) is 4.51. The van der Waals surface area contributed by atoms with E-state index >= 15 is 0 Å². The Labute approximate surface area is 231 Å². The lowest BCUT2D eigenvalue weighted by Gasteiger charge is -2.34. The van der Waals surface area contributed by atoms with Crippen LogP contribution in [0.4, 0.5) is 0 Å². The molecule has 1 aliphatic heterocycles. The summed E-state index contributed by atoms with van der Waals surface area (Å²) in [6.07, 6.45) is 6.00. The molecule has 1 aromatic carbocycles. The average Bonchev–Trinajstić information content (AvgIpc) is 3.54. The zero-order chi connectivity index (χ0) is 28.2. The fraction of sp³-hybridized carbons (Fsp3) is 0.400. The minimum absolute atomic E-state index is 0.0765. The molecule has 2 fully saturated rings. The van der Waals surface area contributed by atoms with Gasteiger partial charge in [0.1, 0.15) is 22.6 Å². The van der Waals surface area contributed by atoms with Crippen LogP contribution < -0.4 is 10.1 Å². The molecule has 0 bridgehead atoms. The van der Waals surface area contributed by atoms with Crippen molar-refractivity contribution in [2.24, 2.45) is 5.92 Å². The van der Waals surface area contributed by atoms with E-state index in [4.69, 9.17) is 14.4 Å². The first kappa shape index (κ1) is 25.9. The molecule has 3 aromatic heterocycles. The number of ether oxygens (including phenoxy) is 1. The van der Waals surface area contributed by atoms with Crippen LogP contribution in [0.15, 0.2) is 41.1 Å². The Hall–Kier alpha value is -4.36. The first-order chi connectivity index (χ1) is 19.1. The molecule has 10 nitrogen and oxygen atoms in total. The lowest BCUT2D eigenvalue weighted by Crippen LogP contribution is -2.44. The van der Waals surface area contributed by atoms with Crippen LogP contribution in [0.5, 0.6) is 11.5 Å². The number of carbonyl (C=O) groups is 2. The SMILES string of the molecule is Cc1oc2cc(Oc3ccnn4cc(C(=O)N5CC[C@@](C)(O)C5)c(C)c34)ccc2c1C(=O)NC1CC(CC#N)C1. The van der Waals surface area contributed by atoms with Crippen molar-refractivity contribution in [3.05, 3.63) is 59.1 Å². The molecule has 4 heterocycles. The molecule has 10 heteroatoms. The van der Waals surface area contributed by atoms with Crippen LogP contribution in [0, 0.1) is 31.1 Å². The number of benzene rings is 1. The molecule has 6 rings (SSSR count). The largest absolute Gasteiger partial charge is 0.460 e. The van der Waals surface area contributed by atoms with Crippen molar-refractivity contribution in [3.8, 4) is 17.6 Å². The molecule has 2 N–H and O–H groups in total. The zero-order valence-electron chi connectivity index (χ0n) is 22.7. The summed E-state index contributed by atoms with van der Waals surface area (Å²) in [4.78, 5) is 27.9. The highest BCUT2D eigenvalue weighted by Gasteiger charge is 2.35. The highest BCUT2D eigenvalue weighted by molar-refractivity contribution is 6.07. The standard InChI is InChI=1S/C30H31N5O5/c1-17-23(29(37)34-11-8-30(3,38)16-34)15-35-27(17)24(7-10-32-35)40-21-4-5-22-25(14-21)39-18(2)26(22)28(36)33-20-12-19(13-20)6-9-31/h4-5,7,10,14-15,19-20,38H,6,8,11-13,16H2,1-3H3,(H,33,36)/t19?,20?,30-/m1/s1. The lowest BCUT2D eigenvalue weighted by molar-refractivity contribution is 0.0572. The number of nitrogens with one attached hydrogen (secondary N) is 1. The van der Waals surface area contributed by atoms with E-state index in [1.807, 2.05) is 13.0 Å². The molecular weight excluding hydrogens is 510 g/mol. The predicted molar refractivity (Wildman–Crippen MR) is 146 cm³/mol. The van der Waals surface area contributed by atoms with Gasteiger partial charge < -0.3 is 24.5 Å². The summed E-state index contributed by atoms with van der Waals surface area (Å²) in [7, 11) is 0. The number of aryl methyl sites for hydroxylation is 2. The third-order valence-electron chi connectivity index (χ3n) is 8.10. The quantitative estimate of drug-likeness (QED) is 0.367. The number of hydrogen-bond donors (Lipinski definition) is 2. The number of hydrogen-bond acceptors (Lipinski definition) is 7. The summed E-state index contributed by atoms with van der Waals surface area (Å²) < 4.78 is 13.8. The molecular formula is C30H31N5O5. The van der Waals surface area contributed by atoms with Gasteiger partial charge in [-0.3, -0.25) is 9.59 Å². The Kier molecular flexibility index (Phi) is 6.27. The number of aliphatic hydroxyl groups is 1. The highest BCUT2D eigenvalue weighted by atomic mass is 16.5. The van der Waals surface area contributed by atoms with Crippen molar-refractivity contribution >= 4 is 28.3 Å². The van der Waals surface area contributed by atoms with Crippen LogP contribution in [0.3, 0.4) is 0 Å². The minimum atomic E-state index is -0.878. The highest BCUT2D eigenvalue weighted by Crippen LogP contribution is 2.35. The number of rotatable bonds is 6. The number of nitriles is 1. The van der Waals surface area contributed by atoms with Crippen molar-refractivity contribution in [2.75, 3.05) is 13.1 Å². The number of furan rings is 1. The number of β-amino-alcohol motifs (C(OH)–C–C–N with tert-alkyl or cyclic N) is 1. The van der Waals surface area contributed by atoms with E-state index in [0.29, 0.717) is 76.7 Å². The van der Waals surface area contributed by atoms with Crippen LogP contribution in [0.1, 0.15) is 64.6 Å². The molecule has 2 aliphatic rings. The molecule has 1 atom stereocenters. The van der Waals surface area contributed by atoms with Crippen LogP contribution in [0.25, 0.3) is 16.5 Å². The van der Waals surface area contributed by atoms with Crippen LogP contribution in [-0.2, 0) is 0 Å². The summed E-state index contributed by atoms with van der Waals surface area (Å²) in [5, 5.41) is 27.3. The van der Waals surface area contributed by atoms with Gasteiger partial charge in [0.2, 0.25) is 0 Å². The first-order valence-electron chi connectivity index (χ1n) is 13.5. The number of carbonyl (C=O) groups excluding carboxylic acids is 2. The van der Waals surface area contributed by atoms with Gasteiger partial charge >= 0.3 is 0 Å². The first-order valence-corrected chi connectivity index (χ1v) is 13.5. The molecule has 0 radical (unpaired) electrons. The Balaban J connectivity index is 1.24. The fourth-order valence-electron chi connectivity index (χ4n) is 5.89. The van der Waals surface area contributed by atoms with E-state index in [9.17, 15) is 14.7 Å². The zero-order valence-corrected chi connectivity index (χ0v) is 22.7. The van der Waals surface area contributed by atoms with E-state index in [1.54, 1.807) is 53.9 Å². The molecule has 206 valence electrons. The van der Waals surface area contributed by atoms with Gasteiger partial charge in [0.25, 0.3) is 11.8 Å². The van der Waals surface area contributed by atoms with Gasteiger partial charge in [-0.25, -0.2) is 4.52 Å². The van der Waals surface area contributed by atoms with E-state index in [-0.39, 0.29) is 17.9 Å².